The van der Waals surface area contributed by atoms with E-state index in [4.69, 9.17) is 16.2 Å². The number of aromatic amines is 1. The Bertz CT molecular complexity index is 799. The second-order valence-corrected chi connectivity index (χ2v) is 5.25. The number of fused-ring (bicyclic) bond motifs is 1. The summed E-state index contributed by atoms with van der Waals surface area (Å²) in [5.41, 5.74) is 15.4. The highest BCUT2D eigenvalue weighted by atomic mass is 16.5. The molecule has 0 radical (unpaired) electrons. The molecule has 0 saturated carbocycles. The Balaban J connectivity index is 2.29. The fourth-order valence-corrected chi connectivity index (χ4v) is 2.64. The number of rotatable bonds is 4. The molecule has 0 spiro atoms. The van der Waals surface area contributed by atoms with E-state index in [0.29, 0.717) is 12.4 Å². The van der Waals surface area contributed by atoms with Crippen molar-refractivity contribution in [2.45, 2.75) is 12.8 Å². The lowest BCUT2D eigenvalue weighted by atomic mass is 9.94. The van der Waals surface area contributed by atoms with Crippen molar-refractivity contribution in [3.63, 3.8) is 0 Å². The Kier molecular flexibility index (Phi) is 3.64. The van der Waals surface area contributed by atoms with Gasteiger partial charge < -0.3 is 16.2 Å². The number of aromatic nitrogens is 4. The van der Waals surface area contributed by atoms with Gasteiger partial charge in [0.05, 0.1) is 17.8 Å². The second kappa shape index (κ2) is 5.61. The monoisotopic (exact) mass is 298 g/mol. The van der Waals surface area contributed by atoms with E-state index in [9.17, 15) is 0 Å². The summed E-state index contributed by atoms with van der Waals surface area (Å²) in [7, 11) is 1.68. The zero-order chi connectivity index (χ0) is 15.7. The smallest absolute Gasteiger partial charge is 0.222 e. The van der Waals surface area contributed by atoms with E-state index in [-0.39, 0.29) is 11.9 Å². The normalized spacial score (nSPS) is 12.6. The van der Waals surface area contributed by atoms with Crippen LogP contribution in [-0.4, -0.2) is 33.9 Å². The molecule has 0 amide bonds. The first kappa shape index (κ1) is 14.3. The number of H-pyrrole nitrogens is 1. The van der Waals surface area contributed by atoms with Crippen LogP contribution in [0, 0.1) is 0 Å². The predicted octanol–water partition coefficient (Wildman–Crippen LogP) is 1.93. The zero-order valence-electron chi connectivity index (χ0n) is 12.5. The van der Waals surface area contributed by atoms with Crippen LogP contribution >= 0.6 is 0 Å². The van der Waals surface area contributed by atoms with Crippen LogP contribution < -0.4 is 11.5 Å². The number of nitrogens with two attached hydrogens (primary N) is 2. The van der Waals surface area contributed by atoms with Crippen molar-refractivity contribution in [2.24, 2.45) is 0 Å². The minimum atomic E-state index is 0.143. The van der Waals surface area contributed by atoms with Crippen molar-refractivity contribution in [1.82, 2.24) is 20.2 Å². The summed E-state index contributed by atoms with van der Waals surface area (Å²) < 4.78 is 5.27. The SMILES string of the molecule is COCC(C)c1cc(-c2ccn[nH]2)cc2nc(N)nc(N)c12. The molecule has 7 heteroatoms. The van der Waals surface area contributed by atoms with E-state index in [0.717, 1.165) is 27.7 Å². The Morgan fingerprint density at radius 3 is 2.77 bits per heavy atom. The van der Waals surface area contributed by atoms with Crippen LogP contribution in [0.25, 0.3) is 22.2 Å². The highest BCUT2D eigenvalue weighted by Crippen LogP contribution is 2.33. The van der Waals surface area contributed by atoms with Crippen LogP contribution in [0.5, 0.6) is 0 Å². The maximum absolute atomic E-state index is 6.07. The van der Waals surface area contributed by atoms with E-state index in [1.807, 2.05) is 12.1 Å². The number of benzene rings is 1. The summed E-state index contributed by atoms with van der Waals surface area (Å²) in [4.78, 5) is 8.40. The van der Waals surface area contributed by atoms with E-state index < -0.39 is 0 Å². The molecule has 1 unspecified atom stereocenters. The molecule has 3 rings (SSSR count). The van der Waals surface area contributed by atoms with E-state index in [1.165, 1.54) is 0 Å². The molecule has 0 aliphatic carbocycles. The molecule has 22 heavy (non-hydrogen) atoms. The largest absolute Gasteiger partial charge is 0.384 e. The Labute approximate surface area is 127 Å². The standard InChI is InChI=1S/C15H18N6O/c1-8(7-22-2)10-5-9(11-3-4-18-21-11)6-12-13(10)14(16)20-15(17)19-12/h3-6,8H,7H2,1-2H3,(H,18,21)(H4,16,17,19,20). The molecule has 3 aromatic rings. The summed E-state index contributed by atoms with van der Waals surface area (Å²) in [6, 6.07) is 5.90. The third kappa shape index (κ3) is 2.46. The fourth-order valence-electron chi connectivity index (χ4n) is 2.64. The maximum atomic E-state index is 6.07. The molecular formula is C15H18N6O. The van der Waals surface area contributed by atoms with Gasteiger partial charge in [0.1, 0.15) is 5.82 Å². The Hall–Kier alpha value is -2.67. The number of hydrogen-bond donors (Lipinski definition) is 3. The van der Waals surface area contributed by atoms with Crippen LogP contribution in [0.15, 0.2) is 24.4 Å². The zero-order valence-corrected chi connectivity index (χ0v) is 12.5. The minimum absolute atomic E-state index is 0.143. The average molecular weight is 298 g/mol. The van der Waals surface area contributed by atoms with E-state index >= 15 is 0 Å². The third-order valence-corrected chi connectivity index (χ3v) is 3.63. The van der Waals surface area contributed by atoms with Gasteiger partial charge in [-0.1, -0.05) is 6.92 Å². The van der Waals surface area contributed by atoms with Gasteiger partial charge in [0, 0.05) is 30.2 Å². The highest BCUT2D eigenvalue weighted by molar-refractivity contribution is 5.95. The summed E-state index contributed by atoms with van der Waals surface area (Å²) in [6.07, 6.45) is 1.71. The first-order valence-corrected chi connectivity index (χ1v) is 6.95. The molecule has 1 atom stereocenters. The second-order valence-electron chi connectivity index (χ2n) is 5.25. The molecule has 0 fully saturated rings. The van der Waals surface area contributed by atoms with E-state index in [2.05, 4.69) is 33.2 Å². The van der Waals surface area contributed by atoms with Gasteiger partial charge in [-0.15, -0.1) is 0 Å². The Morgan fingerprint density at radius 2 is 2.09 bits per heavy atom. The van der Waals surface area contributed by atoms with Crippen molar-refractivity contribution >= 4 is 22.7 Å². The molecule has 7 nitrogen and oxygen atoms in total. The molecule has 1 aromatic carbocycles. The van der Waals surface area contributed by atoms with E-state index in [1.54, 1.807) is 13.3 Å². The molecule has 0 saturated heterocycles. The molecule has 2 aromatic heterocycles. The van der Waals surface area contributed by atoms with Crippen molar-refractivity contribution in [2.75, 3.05) is 25.2 Å². The molecule has 2 heterocycles. The lowest BCUT2D eigenvalue weighted by Gasteiger charge is -2.16. The van der Waals surface area contributed by atoms with Crippen LogP contribution in [0.3, 0.4) is 0 Å². The first-order valence-electron chi connectivity index (χ1n) is 6.95. The molecule has 5 N–H and O–H groups in total. The van der Waals surface area contributed by atoms with Gasteiger partial charge in [-0.3, -0.25) is 5.10 Å². The highest BCUT2D eigenvalue weighted by Gasteiger charge is 2.16. The topological polar surface area (TPSA) is 116 Å². The van der Waals surface area contributed by atoms with Crippen LogP contribution in [0.2, 0.25) is 0 Å². The van der Waals surface area contributed by atoms with Gasteiger partial charge in [-0.2, -0.15) is 10.1 Å². The van der Waals surface area contributed by atoms with Crippen molar-refractivity contribution < 1.29 is 4.74 Å². The summed E-state index contributed by atoms with van der Waals surface area (Å²) in [5, 5.41) is 7.77. The summed E-state index contributed by atoms with van der Waals surface area (Å²) >= 11 is 0. The average Bonchev–Trinajstić information content (AvgIpc) is 3.00. The lowest BCUT2D eigenvalue weighted by Crippen LogP contribution is -2.07. The molecule has 0 bridgehead atoms. The van der Waals surface area contributed by atoms with Gasteiger partial charge in [0.2, 0.25) is 5.95 Å². The molecule has 0 aliphatic heterocycles. The van der Waals surface area contributed by atoms with Gasteiger partial charge in [0.15, 0.2) is 0 Å². The third-order valence-electron chi connectivity index (χ3n) is 3.63. The number of methoxy groups -OCH3 is 1. The lowest BCUT2D eigenvalue weighted by molar-refractivity contribution is 0.184. The number of nitrogen functional groups attached to an aromatic ring is 2. The molecule has 114 valence electrons. The minimum Gasteiger partial charge on any atom is -0.384 e. The summed E-state index contributed by atoms with van der Waals surface area (Å²) in [5.74, 6) is 0.693. The van der Waals surface area contributed by atoms with Crippen LogP contribution in [0.1, 0.15) is 18.4 Å². The van der Waals surface area contributed by atoms with Gasteiger partial charge in [0.25, 0.3) is 0 Å². The molecule has 0 aliphatic rings. The molecular weight excluding hydrogens is 280 g/mol. The number of nitrogens with zero attached hydrogens (tertiary/aromatic N) is 3. The van der Waals surface area contributed by atoms with Crippen molar-refractivity contribution in [3.8, 4) is 11.3 Å². The Morgan fingerprint density at radius 1 is 1.27 bits per heavy atom. The van der Waals surface area contributed by atoms with Crippen LogP contribution in [-0.2, 0) is 4.74 Å². The first-order chi connectivity index (χ1) is 10.6. The fraction of sp³-hybridized carbons (Fsp3) is 0.267. The van der Waals surface area contributed by atoms with Gasteiger partial charge >= 0.3 is 0 Å². The quantitative estimate of drug-likeness (QED) is 0.677. The number of anilines is 2. The number of nitrogens with one attached hydrogen (secondary N) is 1. The van der Waals surface area contributed by atoms with Gasteiger partial charge in [-0.25, -0.2) is 4.98 Å². The van der Waals surface area contributed by atoms with Crippen LogP contribution in [0.4, 0.5) is 11.8 Å². The van der Waals surface area contributed by atoms with Crippen molar-refractivity contribution in [3.05, 3.63) is 30.0 Å². The van der Waals surface area contributed by atoms with Crippen molar-refractivity contribution in [1.29, 1.82) is 0 Å². The summed E-state index contributed by atoms with van der Waals surface area (Å²) in [6.45, 7) is 2.65. The maximum Gasteiger partial charge on any atom is 0.222 e. The number of hydrogen-bond acceptors (Lipinski definition) is 6. The predicted molar refractivity (Wildman–Crippen MR) is 86.2 cm³/mol. The van der Waals surface area contributed by atoms with Gasteiger partial charge in [-0.05, 0) is 23.8 Å². The number of ether oxygens (including phenoxy) is 1.